The van der Waals surface area contributed by atoms with Crippen molar-refractivity contribution in [2.24, 2.45) is 5.92 Å². The topological polar surface area (TPSA) is 61.8 Å². The molecular weight excluding hydrogens is 351 g/mol. The summed E-state index contributed by atoms with van der Waals surface area (Å²) in [6.45, 7) is 1.95. The second-order valence-electron chi connectivity index (χ2n) is 4.38. The first kappa shape index (κ1) is 15.7. The highest BCUT2D eigenvalue weighted by atomic mass is 127. The van der Waals surface area contributed by atoms with E-state index in [-0.39, 0.29) is 24.6 Å². The molecule has 0 unspecified atom stereocenters. The molecule has 1 saturated carbocycles. The van der Waals surface area contributed by atoms with Gasteiger partial charge in [0.25, 0.3) is 0 Å². The molecule has 1 aliphatic rings. The Morgan fingerprint density at radius 2 is 1.83 bits per heavy atom. The zero-order valence-corrected chi connectivity index (χ0v) is 12.7. The number of hydrogen-bond acceptors (Lipinski definition) is 5. The summed E-state index contributed by atoms with van der Waals surface area (Å²) in [6.07, 6.45) is 3.88. The Balaban J connectivity index is 2.11. The average Bonchev–Trinajstić information content (AvgIpc) is 2.35. The van der Waals surface area contributed by atoms with E-state index in [0.29, 0.717) is 17.1 Å². The van der Waals surface area contributed by atoms with Gasteiger partial charge in [-0.15, -0.1) is 0 Å². The number of ether oxygens (including phenoxy) is 3. The number of halogens is 1. The highest BCUT2D eigenvalue weighted by Gasteiger charge is 2.23. The van der Waals surface area contributed by atoms with Gasteiger partial charge in [0.1, 0.15) is 11.2 Å². The fourth-order valence-corrected chi connectivity index (χ4v) is 2.34. The minimum atomic E-state index is -0.313. The summed E-state index contributed by atoms with van der Waals surface area (Å²) in [4.78, 5) is 21.8. The summed E-state index contributed by atoms with van der Waals surface area (Å²) in [7, 11) is 0. The van der Waals surface area contributed by atoms with Crippen LogP contribution in [0.25, 0.3) is 0 Å². The van der Waals surface area contributed by atoms with Crippen LogP contribution >= 0.6 is 22.6 Å². The van der Waals surface area contributed by atoms with Gasteiger partial charge in [0.05, 0.1) is 12.7 Å². The van der Waals surface area contributed by atoms with Crippen molar-refractivity contribution in [3.8, 4) is 0 Å². The molecule has 0 aromatic heterocycles. The zero-order chi connectivity index (χ0) is 13.4. The molecule has 18 heavy (non-hydrogen) atoms. The summed E-state index contributed by atoms with van der Waals surface area (Å²) < 4.78 is 15.6. The van der Waals surface area contributed by atoms with Gasteiger partial charge in [0.15, 0.2) is 0 Å². The van der Waals surface area contributed by atoms with Crippen molar-refractivity contribution in [2.75, 3.05) is 17.8 Å². The molecule has 1 fully saturated rings. The molecule has 5 nitrogen and oxygen atoms in total. The van der Waals surface area contributed by atoms with Crippen molar-refractivity contribution in [3.05, 3.63) is 0 Å². The first-order chi connectivity index (χ1) is 8.61. The van der Waals surface area contributed by atoms with Crippen LogP contribution in [0, 0.1) is 5.92 Å². The van der Waals surface area contributed by atoms with E-state index in [1.807, 2.05) is 22.6 Å². The van der Waals surface area contributed by atoms with E-state index in [9.17, 15) is 9.59 Å². The molecule has 6 heteroatoms. The number of rotatable bonds is 6. The maximum absolute atomic E-state index is 11.1. The van der Waals surface area contributed by atoms with Crippen LogP contribution in [-0.4, -0.2) is 35.9 Å². The van der Waals surface area contributed by atoms with Crippen LogP contribution in [0.3, 0.4) is 0 Å². The van der Waals surface area contributed by atoms with E-state index < -0.39 is 0 Å². The molecule has 1 aliphatic carbocycles. The highest BCUT2D eigenvalue weighted by Crippen LogP contribution is 2.26. The molecule has 0 amide bonds. The van der Waals surface area contributed by atoms with E-state index in [1.54, 1.807) is 0 Å². The number of carbonyl (C=O) groups excluding carboxylic acids is 2. The van der Waals surface area contributed by atoms with Crippen molar-refractivity contribution in [2.45, 2.75) is 38.7 Å². The quantitative estimate of drug-likeness (QED) is 0.407. The summed E-state index contributed by atoms with van der Waals surface area (Å²) >= 11 is 1.97. The SMILES string of the molecule is CC(=O)OCC1CCC(OCC(=O)OCI)CC1. The second-order valence-corrected chi connectivity index (χ2v) is 5.00. The maximum atomic E-state index is 11.1. The lowest BCUT2D eigenvalue weighted by atomic mass is 9.88. The fraction of sp³-hybridized carbons (Fsp3) is 0.833. The lowest BCUT2D eigenvalue weighted by Gasteiger charge is -2.27. The molecule has 0 aliphatic heterocycles. The summed E-state index contributed by atoms with van der Waals surface area (Å²) in [6, 6.07) is 0. The lowest BCUT2D eigenvalue weighted by molar-refractivity contribution is -0.150. The predicted octanol–water partition coefficient (Wildman–Crippen LogP) is 2.06. The Bertz CT molecular complexity index is 274. The third kappa shape index (κ3) is 6.53. The molecule has 0 saturated heterocycles. The van der Waals surface area contributed by atoms with Gasteiger partial charge in [-0.3, -0.25) is 4.79 Å². The fourth-order valence-electron chi connectivity index (χ4n) is 1.99. The zero-order valence-electron chi connectivity index (χ0n) is 10.5. The summed E-state index contributed by atoms with van der Waals surface area (Å²) in [5, 5.41) is 0. The van der Waals surface area contributed by atoms with Gasteiger partial charge >= 0.3 is 11.9 Å². The van der Waals surface area contributed by atoms with Gasteiger partial charge in [-0.2, -0.15) is 0 Å². The van der Waals surface area contributed by atoms with E-state index in [2.05, 4.69) is 0 Å². The smallest absolute Gasteiger partial charge is 0.332 e. The van der Waals surface area contributed by atoms with Gasteiger partial charge < -0.3 is 14.2 Å². The number of esters is 2. The van der Waals surface area contributed by atoms with E-state index in [1.165, 1.54) is 6.92 Å². The van der Waals surface area contributed by atoms with Crippen LogP contribution in [0.1, 0.15) is 32.6 Å². The Hall–Kier alpha value is -0.370. The number of alkyl halides is 1. The van der Waals surface area contributed by atoms with Crippen LogP contribution < -0.4 is 0 Å². The van der Waals surface area contributed by atoms with Crippen molar-refractivity contribution >= 4 is 34.5 Å². The predicted molar refractivity (Wildman–Crippen MR) is 73.3 cm³/mol. The van der Waals surface area contributed by atoms with Gasteiger partial charge in [-0.1, -0.05) is 0 Å². The molecule has 0 N–H and O–H groups in total. The molecule has 0 aromatic rings. The van der Waals surface area contributed by atoms with Crippen molar-refractivity contribution in [1.82, 2.24) is 0 Å². The molecule has 1 rings (SSSR count). The maximum Gasteiger partial charge on any atom is 0.332 e. The lowest BCUT2D eigenvalue weighted by Crippen LogP contribution is -2.27. The summed E-state index contributed by atoms with van der Waals surface area (Å²) in [5.41, 5.74) is 0. The van der Waals surface area contributed by atoms with Crippen LogP contribution in [-0.2, 0) is 23.8 Å². The van der Waals surface area contributed by atoms with Crippen LogP contribution in [0.4, 0.5) is 0 Å². The highest BCUT2D eigenvalue weighted by molar-refractivity contribution is 14.1. The molecule has 0 radical (unpaired) electrons. The molecule has 104 valence electrons. The van der Waals surface area contributed by atoms with Crippen molar-refractivity contribution in [3.63, 3.8) is 0 Å². The standard InChI is InChI=1S/C12H19IO5/c1-9(14)16-6-10-2-4-11(5-3-10)17-7-12(15)18-8-13/h10-11H,2-8H2,1H3. The number of carbonyl (C=O) groups is 2. The minimum absolute atomic E-state index is 0.0300. The van der Waals surface area contributed by atoms with Gasteiger partial charge in [-0.25, -0.2) is 4.79 Å². The Morgan fingerprint density at radius 3 is 2.39 bits per heavy atom. The van der Waals surface area contributed by atoms with Gasteiger partial charge in [0.2, 0.25) is 0 Å². The summed E-state index contributed by atoms with van der Waals surface area (Å²) in [5.74, 6) is -0.114. The Morgan fingerprint density at radius 1 is 1.17 bits per heavy atom. The largest absolute Gasteiger partial charge is 0.466 e. The van der Waals surface area contributed by atoms with Gasteiger partial charge in [0, 0.05) is 6.92 Å². The van der Waals surface area contributed by atoms with Crippen LogP contribution in [0.15, 0.2) is 0 Å². The van der Waals surface area contributed by atoms with Gasteiger partial charge in [-0.05, 0) is 54.2 Å². The van der Waals surface area contributed by atoms with E-state index in [4.69, 9.17) is 14.2 Å². The normalized spacial score (nSPS) is 23.4. The molecular formula is C12H19IO5. The van der Waals surface area contributed by atoms with Crippen molar-refractivity contribution in [1.29, 1.82) is 0 Å². The van der Waals surface area contributed by atoms with E-state index >= 15 is 0 Å². The minimum Gasteiger partial charge on any atom is -0.466 e. The molecule has 0 spiro atoms. The second kappa shape index (κ2) is 8.68. The van der Waals surface area contributed by atoms with E-state index in [0.717, 1.165) is 25.7 Å². The Labute approximate surface area is 121 Å². The monoisotopic (exact) mass is 370 g/mol. The first-order valence-corrected chi connectivity index (χ1v) is 7.61. The number of hydrogen-bond donors (Lipinski definition) is 0. The Kier molecular flexibility index (Phi) is 7.57. The third-order valence-corrected chi connectivity index (χ3v) is 3.28. The first-order valence-electron chi connectivity index (χ1n) is 6.08. The van der Waals surface area contributed by atoms with Crippen molar-refractivity contribution < 1.29 is 23.8 Å². The van der Waals surface area contributed by atoms with Crippen LogP contribution in [0.2, 0.25) is 0 Å². The third-order valence-electron chi connectivity index (χ3n) is 2.97. The molecule has 0 aromatic carbocycles. The average molecular weight is 370 g/mol. The van der Waals surface area contributed by atoms with Crippen LogP contribution in [0.5, 0.6) is 0 Å². The molecule has 0 bridgehead atoms. The molecule has 0 heterocycles. The molecule has 0 atom stereocenters.